The van der Waals surface area contributed by atoms with Crippen LogP contribution in [-0.4, -0.2) is 34.1 Å². The first-order chi connectivity index (χ1) is 9.45. The van der Waals surface area contributed by atoms with Gasteiger partial charge in [0.15, 0.2) is 9.84 Å². The average Bonchev–Trinajstić information content (AvgIpc) is 3.07. The van der Waals surface area contributed by atoms with Gasteiger partial charge in [0.2, 0.25) is 0 Å². The smallest absolute Gasteiger partial charge is 0.181 e. The van der Waals surface area contributed by atoms with Crippen molar-refractivity contribution in [3.05, 3.63) is 29.8 Å². The second kappa shape index (κ2) is 5.21. The molecule has 0 N–H and O–H groups in total. The van der Waals surface area contributed by atoms with E-state index in [4.69, 9.17) is 4.74 Å². The molecule has 2 unspecified atom stereocenters. The second-order valence-corrected chi connectivity index (χ2v) is 15.2. The van der Waals surface area contributed by atoms with Crippen LogP contribution in [0.4, 0.5) is 0 Å². The zero-order valence-corrected chi connectivity index (χ0v) is 15.6. The van der Waals surface area contributed by atoms with E-state index in [2.05, 4.69) is 33.9 Å². The molecule has 1 fully saturated rings. The SMILES string of the molecule is Cc1ccc(S(=O)(=O)CC2OC2[Si](C)(C)C(C)(C)C)cc1. The minimum absolute atomic E-state index is 0.104. The lowest BCUT2D eigenvalue weighted by Gasteiger charge is -2.35. The summed E-state index contributed by atoms with van der Waals surface area (Å²) in [6.45, 7) is 13.2. The van der Waals surface area contributed by atoms with Crippen LogP contribution >= 0.6 is 0 Å². The maximum absolute atomic E-state index is 12.5. The molecule has 21 heavy (non-hydrogen) atoms. The Kier molecular flexibility index (Phi) is 4.15. The molecule has 1 heterocycles. The van der Waals surface area contributed by atoms with Crippen LogP contribution in [0.1, 0.15) is 26.3 Å². The molecule has 2 rings (SSSR count). The lowest BCUT2D eigenvalue weighted by Crippen LogP contribution is -2.45. The van der Waals surface area contributed by atoms with E-state index >= 15 is 0 Å². The van der Waals surface area contributed by atoms with Crippen LogP contribution in [0.5, 0.6) is 0 Å². The van der Waals surface area contributed by atoms with E-state index in [-0.39, 0.29) is 22.6 Å². The van der Waals surface area contributed by atoms with Crippen LogP contribution < -0.4 is 0 Å². The fourth-order valence-corrected chi connectivity index (χ4v) is 6.41. The van der Waals surface area contributed by atoms with Crippen molar-refractivity contribution in [1.82, 2.24) is 0 Å². The minimum atomic E-state index is -3.26. The first-order valence-electron chi connectivity index (χ1n) is 7.40. The van der Waals surface area contributed by atoms with Gasteiger partial charge in [-0.05, 0) is 24.1 Å². The zero-order chi connectivity index (χ0) is 16.1. The molecule has 0 aromatic heterocycles. The van der Waals surface area contributed by atoms with Crippen LogP contribution in [-0.2, 0) is 14.6 Å². The number of hydrogen-bond donors (Lipinski definition) is 0. The number of hydrogen-bond acceptors (Lipinski definition) is 3. The van der Waals surface area contributed by atoms with Crippen molar-refractivity contribution in [1.29, 1.82) is 0 Å². The minimum Gasteiger partial charge on any atom is -0.372 e. The standard InChI is InChI=1S/C16H26O3SSi/c1-12-7-9-13(10-8-12)20(17,18)11-14-15(19-14)21(5,6)16(2,3)4/h7-10,14-15H,11H2,1-6H3. The van der Waals surface area contributed by atoms with Gasteiger partial charge in [-0.2, -0.15) is 0 Å². The molecule has 0 aliphatic carbocycles. The van der Waals surface area contributed by atoms with Crippen molar-refractivity contribution in [2.45, 2.75) is 62.6 Å². The summed E-state index contributed by atoms with van der Waals surface area (Å²) in [6.07, 6.45) is -0.128. The van der Waals surface area contributed by atoms with Crippen molar-refractivity contribution in [3.8, 4) is 0 Å². The van der Waals surface area contributed by atoms with Crippen molar-refractivity contribution in [3.63, 3.8) is 0 Å². The van der Waals surface area contributed by atoms with Gasteiger partial charge in [-0.1, -0.05) is 51.6 Å². The zero-order valence-electron chi connectivity index (χ0n) is 13.8. The number of ether oxygens (including phenoxy) is 1. The van der Waals surface area contributed by atoms with Gasteiger partial charge in [0.1, 0.15) is 0 Å². The molecule has 0 bridgehead atoms. The third-order valence-corrected chi connectivity index (χ3v) is 12.5. The first kappa shape index (κ1) is 16.7. The van der Waals surface area contributed by atoms with E-state index < -0.39 is 17.9 Å². The van der Waals surface area contributed by atoms with E-state index in [1.165, 1.54) is 0 Å². The first-order valence-corrected chi connectivity index (χ1v) is 12.1. The topological polar surface area (TPSA) is 46.7 Å². The van der Waals surface area contributed by atoms with E-state index in [0.29, 0.717) is 4.90 Å². The molecular formula is C16H26O3SSi. The van der Waals surface area contributed by atoms with Gasteiger partial charge in [-0.3, -0.25) is 0 Å². The Balaban J connectivity index is 2.09. The Morgan fingerprint density at radius 1 is 1.14 bits per heavy atom. The molecule has 0 amide bonds. The molecule has 5 heteroatoms. The Morgan fingerprint density at radius 3 is 2.14 bits per heavy atom. The third kappa shape index (κ3) is 3.41. The highest BCUT2D eigenvalue weighted by molar-refractivity contribution is 7.91. The van der Waals surface area contributed by atoms with E-state index in [9.17, 15) is 8.42 Å². The van der Waals surface area contributed by atoms with Gasteiger partial charge in [0, 0.05) is 0 Å². The fraction of sp³-hybridized carbons (Fsp3) is 0.625. The molecule has 1 saturated heterocycles. The predicted octanol–water partition coefficient (Wildman–Crippen LogP) is 3.58. The van der Waals surface area contributed by atoms with Crippen molar-refractivity contribution in [2.24, 2.45) is 0 Å². The summed E-state index contributed by atoms with van der Waals surface area (Å²) in [5.41, 5.74) is 1.22. The quantitative estimate of drug-likeness (QED) is 0.627. The number of benzene rings is 1. The van der Waals surface area contributed by atoms with Gasteiger partial charge in [-0.25, -0.2) is 8.42 Å². The molecule has 118 valence electrons. The molecule has 1 aliphatic rings. The molecule has 1 aliphatic heterocycles. The highest BCUT2D eigenvalue weighted by Crippen LogP contribution is 2.46. The van der Waals surface area contributed by atoms with E-state index in [0.717, 1.165) is 5.56 Å². The Hall–Kier alpha value is -0.653. The maximum atomic E-state index is 12.5. The summed E-state index contributed by atoms with van der Waals surface area (Å²) in [7, 11) is -4.89. The summed E-state index contributed by atoms with van der Waals surface area (Å²) in [5, 5.41) is 0.208. The molecule has 2 atom stereocenters. The number of epoxide rings is 1. The summed E-state index contributed by atoms with van der Waals surface area (Å²) < 4.78 is 30.7. The Morgan fingerprint density at radius 2 is 1.67 bits per heavy atom. The van der Waals surface area contributed by atoms with Crippen LogP contribution in [0.3, 0.4) is 0 Å². The molecule has 1 aromatic rings. The molecule has 0 saturated carbocycles. The van der Waals surface area contributed by atoms with Gasteiger partial charge < -0.3 is 4.74 Å². The van der Waals surface area contributed by atoms with E-state index in [1.54, 1.807) is 12.1 Å². The highest BCUT2D eigenvalue weighted by atomic mass is 32.2. The summed E-state index contributed by atoms with van der Waals surface area (Å²) in [6, 6.07) is 7.06. The second-order valence-electron chi connectivity index (χ2n) is 7.66. The third-order valence-electron chi connectivity index (χ3n) is 4.99. The normalized spacial score (nSPS) is 23.1. The number of aryl methyl sites for hydroxylation is 1. The molecular weight excluding hydrogens is 300 g/mol. The predicted molar refractivity (Wildman–Crippen MR) is 89.1 cm³/mol. The number of rotatable bonds is 4. The summed E-state index contributed by atoms with van der Waals surface area (Å²) in [5.74, 6) is 0.104. The van der Waals surface area contributed by atoms with Crippen molar-refractivity contribution < 1.29 is 13.2 Å². The van der Waals surface area contributed by atoms with Crippen molar-refractivity contribution in [2.75, 3.05) is 5.75 Å². The molecule has 1 aromatic carbocycles. The van der Waals surface area contributed by atoms with Gasteiger partial charge in [-0.15, -0.1) is 0 Å². The Labute approximate surface area is 129 Å². The largest absolute Gasteiger partial charge is 0.372 e. The maximum Gasteiger partial charge on any atom is 0.181 e. The summed E-state index contributed by atoms with van der Waals surface area (Å²) >= 11 is 0. The summed E-state index contributed by atoms with van der Waals surface area (Å²) in [4.78, 5) is 0.401. The number of sulfone groups is 1. The van der Waals surface area contributed by atoms with Crippen LogP contribution in [0, 0.1) is 6.92 Å². The highest BCUT2D eigenvalue weighted by Gasteiger charge is 2.56. The molecule has 0 radical (unpaired) electrons. The van der Waals surface area contributed by atoms with Gasteiger partial charge >= 0.3 is 0 Å². The van der Waals surface area contributed by atoms with Gasteiger partial charge in [0.25, 0.3) is 0 Å². The van der Waals surface area contributed by atoms with Gasteiger partial charge in [0.05, 0.1) is 30.6 Å². The lowest BCUT2D eigenvalue weighted by atomic mass is 10.2. The molecule has 3 nitrogen and oxygen atoms in total. The van der Waals surface area contributed by atoms with Crippen molar-refractivity contribution >= 4 is 17.9 Å². The van der Waals surface area contributed by atoms with Crippen LogP contribution in [0.25, 0.3) is 0 Å². The van der Waals surface area contributed by atoms with Crippen LogP contribution in [0.2, 0.25) is 18.1 Å². The average molecular weight is 327 g/mol. The molecule has 0 spiro atoms. The van der Waals surface area contributed by atoms with E-state index in [1.807, 2.05) is 19.1 Å². The Bertz CT molecular complexity index is 612. The fourth-order valence-electron chi connectivity index (χ4n) is 2.39. The van der Waals surface area contributed by atoms with Crippen LogP contribution in [0.15, 0.2) is 29.2 Å². The lowest BCUT2D eigenvalue weighted by molar-refractivity contribution is 0.403. The monoisotopic (exact) mass is 326 g/mol.